The van der Waals surface area contributed by atoms with Crippen LogP contribution in [0.5, 0.6) is 0 Å². The Bertz CT molecular complexity index is 439. The van der Waals surface area contributed by atoms with E-state index in [4.69, 9.17) is 21.8 Å². The summed E-state index contributed by atoms with van der Waals surface area (Å²) in [7, 11) is 0. The van der Waals surface area contributed by atoms with E-state index < -0.39 is 11.7 Å². The maximum Gasteiger partial charge on any atom is 0.246 e. The summed E-state index contributed by atoms with van der Waals surface area (Å²) >= 11 is 5.82. The van der Waals surface area contributed by atoms with Gasteiger partial charge < -0.3 is 15.1 Å². The van der Waals surface area contributed by atoms with Crippen LogP contribution in [0.25, 0.3) is 6.08 Å². The Morgan fingerprint density at radius 3 is 2.47 bits per heavy atom. The monoisotopic (exact) mass is 287 g/mol. The largest absolute Gasteiger partial charge is 0.395 e. The minimum atomic E-state index is -0.521. The standard InChI is InChI=1S/C13H15ClFNO3/c14-11-2-1-3-12(15)10(11)4-5-13(19)16(6-8-17)7-9-18/h1-5,17-18H,6-9H2/b5-4+. The van der Waals surface area contributed by atoms with Crippen LogP contribution in [-0.4, -0.2) is 47.3 Å². The number of aliphatic hydroxyl groups is 2. The highest BCUT2D eigenvalue weighted by molar-refractivity contribution is 6.32. The predicted octanol–water partition coefficient (Wildman–Crippen LogP) is 1.31. The molecule has 0 bridgehead atoms. The number of carbonyl (C=O) groups is 1. The van der Waals surface area contributed by atoms with E-state index in [1.807, 2.05) is 0 Å². The first-order chi connectivity index (χ1) is 9.10. The van der Waals surface area contributed by atoms with E-state index in [-0.39, 0.29) is 36.9 Å². The normalized spacial score (nSPS) is 10.9. The zero-order valence-corrected chi connectivity index (χ0v) is 11.0. The topological polar surface area (TPSA) is 60.8 Å². The molecule has 4 nitrogen and oxygen atoms in total. The summed E-state index contributed by atoms with van der Waals surface area (Å²) < 4.78 is 13.5. The maximum absolute atomic E-state index is 13.5. The van der Waals surface area contributed by atoms with Crippen LogP contribution in [0.1, 0.15) is 5.56 Å². The molecule has 0 saturated carbocycles. The number of benzene rings is 1. The van der Waals surface area contributed by atoms with Gasteiger partial charge in [-0.05, 0) is 18.2 Å². The predicted molar refractivity (Wildman–Crippen MR) is 71.2 cm³/mol. The molecular formula is C13H15ClFNO3. The molecule has 104 valence electrons. The minimum Gasteiger partial charge on any atom is -0.395 e. The fraction of sp³-hybridized carbons (Fsp3) is 0.308. The molecule has 0 aliphatic rings. The minimum absolute atomic E-state index is 0.106. The van der Waals surface area contributed by atoms with Gasteiger partial charge in [0, 0.05) is 24.7 Å². The lowest BCUT2D eigenvalue weighted by atomic mass is 10.2. The Hall–Kier alpha value is -1.43. The molecule has 1 aromatic rings. The molecule has 0 unspecified atom stereocenters. The van der Waals surface area contributed by atoms with Crippen molar-refractivity contribution in [3.8, 4) is 0 Å². The van der Waals surface area contributed by atoms with Crippen LogP contribution in [0.15, 0.2) is 24.3 Å². The quantitative estimate of drug-likeness (QED) is 0.776. The molecule has 2 N–H and O–H groups in total. The third-order valence-corrected chi connectivity index (χ3v) is 2.77. The lowest BCUT2D eigenvalue weighted by Crippen LogP contribution is -2.34. The Labute approximate surface area is 115 Å². The second-order valence-electron chi connectivity index (χ2n) is 3.74. The summed E-state index contributed by atoms with van der Waals surface area (Å²) in [5.41, 5.74) is 0.130. The van der Waals surface area contributed by atoms with Gasteiger partial charge in [-0.1, -0.05) is 17.7 Å². The Morgan fingerprint density at radius 2 is 1.95 bits per heavy atom. The number of halogens is 2. The average molecular weight is 288 g/mol. The fourth-order valence-corrected chi connectivity index (χ4v) is 1.73. The van der Waals surface area contributed by atoms with Crippen molar-refractivity contribution in [2.45, 2.75) is 0 Å². The summed E-state index contributed by atoms with van der Waals surface area (Å²) in [4.78, 5) is 13.0. The SMILES string of the molecule is O=C(/C=C/c1c(F)cccc1Cl)N(CCO)CCO. The van der Waals surface area contributed by atoms with Crippen molar-refractivity contribution in [1.29, 1.82) is 0 Å². The van der Waals surface area contributed by atoms with Crippen molar-refractivity contribution >= 4 is 23.6 Å². The van der Waals surface area contributed by atoms with Gasteiger partial charge in [-0.25, -0.2) is 4.39 Å². The van der Waals surface area contributed by atoms with Crippen molar-refractivity contribution in [1.82, 2.24) is 4.90 Å². The highest BCUT2D eigenvalue weighted by Crippen LogP contribution is 2.20. The second kappa shape index (κ2) is 7.89. The molecule has 1 amide bonds. The number of hydrogen-bond acceptors (Lipinski definition) is 3. The number of carbonyl (C=O) groups excluding carboxylic acids is 1. The Morgan fingerprint density at radius 1 is 1.32 bits per heavy atom. The summed E-state index contributed by atoms with van der Waals surface area (Å²) in [6.45, 7) is -0.205. The number of rotatable bonds is 6. The zero-order valence-electron chi connectivity index (χ0n) is 10.2. The van der Waals surface area contributed by atoms with Gasteiger partial charge in [0.1, 0.15) is 5.82 Å². The molecule has 0 radical (unpaired) electrons. The van der Waals surface area contributed by atoms with Crippen molar-refractivity contribution in [3.63, 3.8) is 0 Å². The summed E-state index contributed by atoms with van der Waals surface area (Å²) in [5.74, 6) is -0.949. The number of aliphatic hydroxyl groups excluding tert-OH is 2. The third kappa shape index (κ3) is 4.63. The van der Waals surface area contributed by atoms with Crippen LogP contribution in [0.4, 0.5) is 4.39 Å². The van der Waals surface area contributed by atoms with Gasteiger partial charge in [0.25, 0.3) is 0 Å². The first-order valence-corrected chi connectivity index (χ1v) is 6.10. The Kier molecular flexibility index (Phi) is 6.49. The van der Waals surface area contributed by atoms with Crippen molar-refractivity contribution in [2.24, 2.45) is 0 Å². The third-order valence-electron chi connectivity index (χ3n) is 2.44. The summed E-state index contributed by atoms with van der Waals surface area (Å²) in [6, 6.07) is 4.24. The van der Waals surface area contributed by atoms with Crippen LogP contribution in [-0.2, 0) is 4.79 Å². The number of hydrogen-bond donors (Lipinski definition) is 2. The lowest BCUT2D eigenvalue weighted by molar-refractivity contribution is -0.126. The summed E-state index contributed by atoms with van der Waals surface area (Å²) in [6.07, 6.45) is 2.44. The second-order valence-corrected chi connectivity index (χ2v) is 4.15. The molecule has 0 atom stereocenters. The van der Waals surface area contributed by atoms with Gasteiger partial charge in [0.15, 0.2) is 0 Å². The first kappa shape index (κ1) is 15.6. The molecule has 0 aliphatic carbocycles. The maximum atomic E-state index is 13.5. The van der Waals surface area contributed by atoms with E-state index in [0.717, 1.165) is 6.08 Å². The van der Waals surface area contributed by atoms with Crippen LogP contribution in [0.3, 0.4) is 0 Å². The van der Waals surface area contributed by atoms with Crippen molar-refractivity contribution < 1.29 is 19.4 Å². The highest BCUT2D eigenvalue weighted by atomic mass is 35.5. The van der Waals surface area contributed by atoms with E-state index >= 15 is 0 Å². The molecule has 0 fully saturated rings. The highest BCUT2D eigenvalue weighted by Gasteiger charge is 2.10. The summed E-state index contributed by atoms with van der Waals surface area (Å²) in [5, 5.41) is 17.8. The molecule has 19 heavy (non-hydrogen) atoms. The van der Waals surface area contributed by atoms with Gasteiger partial charge in [-0.2, -0.15) is 0 Å². The van der Waals surface area contributed by atoms with Gasteiger partial charge in [-0.3, -0.25) is 4.79 Å². The lowest BCUT2D eigenvalue weighted by Gasteiger charge is -2.18. The smallest absolute Gasteiger partial charge is 0.246 e. The molecule has 1 aromatic carbocycles. The van der Waals surface area contributed by atoms with Gasteiger partial charge in [0.05, 0.1) is 18.2 Å². The molecule has 0 spiro atoms. The van der Waals surface area contributed by atoms with Crippen LogP contribution < -0.4 is 0 Å². The molecule has 0 saturated heterocycles. The van der Waals surface area contributed by atoms with Crippen molar-refractivity contribution in [3.05, 3.63) is 40.7 Å². The zero-order chi connectivity index (χ0) is 14.3. The first-order valence-electron chi connectivity index (χ1n) is 5.73. The van der Waals surface area contributed by atoms with E-state index in [0.29, 0.717) is 0 Å². The molecule has 1 rings (SSSR count). The van der Waals surface area contributed by atoms with Crippen molar-refractivity contribution in [2.75, 3.05) is 26.3 Å². The van der Waals surface area contributed by atoms with Crippen LogP contribution in [0, 0.1) is 5.82 Å². The number of amides is 1. The molecule has 6 heteroatoms. The molecule has 0 aromatic heterocycles. The molecule has 0 heterocycles. The average Bonchev–Trinajstić information content (AvgIpc) is 2.37. The van der Waals surface area contributed by atoms with Crippen LogP contribution in [0.2, 0.25) is 5.02 Å². The van der Waals surface area contributed by atoms with E-state index in [1.54, 1.807) is 0 Å². The van der Waals surface area contributed by atoms with Gasteiger partial charge >= 0.3 is 0 Å². The fourth-order valence-electron chi connectivity index (χ4n) is 1.50. The van der Waals surface area contributed by atoms with Crippen LogP contribution >= 0.6 is 11.6 Å². The van der Waals surface area contributed by atoms with Gasteiger partial charge in [0.2, 0.25) is 5.91 Å². The van der Waals surface area contributed by atoms with E-state index in [1.165, 1.54) is 29.2 Å². The molecule has 0 aliphatic heterocycles. The van der Waals surface area contributed by atoms with E-state index in [2.05, 4.69) is 0 Å². The van der Waals surface area contributed by atoms with E-state index in [9.17, 15) is 9.18 Å². The Balaban J connectivity index is 2.82. The van der Waals surface area contributed by atoms with Gasteiger partial charge in [-0.15, -0.1) is 0 Å². The molecular weight excluding hydrogens is 273 g/mol. The number of nitrogens with zero attached hydrogens (tertiary/aromatic N) is 1.